The van der Waals surface area contributed by atoms with Crippen LogP contribution in [0.15, 0.2) is 35.5 Å². The fourth-order valence-electron chi connectivity index (χ4n) is 6.96. The Morgan fingerprint density at radius 2 is 1.95 bits per heavy atom. The Kier molecular flexibility index (Phi) is 11.3. The van der Waals surface area contributed by atoms with Gasteiger partial charge in [0, 0.05) is 29.2 Å². The van der Waals surface area contributed by atoms with Crippen LogP contribution in [0.5, 0.6) is 5.75 Å². The quantitative estimate of drug-likeness (QED) is 0.189. The number of nitrogens with one attached hydrogen (secondary N) is 1. The van der Waals surface area contributed by atoms with Crippen molar-refractivity contribution in [2.45, 2.75) is 123 Å². The van der Waals surface area contributed by atoms with Gasteiger partial charge >= 0.3 is 0 Å². The van der Waals surface area contributed by atoms with Crippen LogP contribution in [0.3, 0.4) is 0 Å². The molecule has 0 radical (unpaired) electrons. The molecule has 44 heavy (non-hydrogen) atoms. The van der Waals surface area contributed by atoms with E-state index in [0.717, 1.165) is 56.7 Å². The maximum absolute atomic E-state index is 13.7. The first-order valence-corrected chi connectivity index (χ1v) is 16.4. The predicted molar refractivity (Wildman–Crippen MR) is 178 cm³/mol. The van der Waals surface area contributed by atoms with E-state index in [1.165, 1.54) is 5.56 Å². The number of nitrogens with zero attached hydrogens (tertiary/aromatic N) is 2. The van der Waals surface area contributed by atoms with Gasteiger partial charge in [0.05, 0.1) is 29.6 Å². The molecule has 0 bridgehead atoms. The van der Waals surface area contributed by atoms with Gasteiger partial charge < -0.3 is 10.1 Å². The SMILES string of the molecule is CCC(=O)C1=C(CC)CC(CC(C)C)c2nc(Nc3ccc(C4CCCC(CCC(C)(F)F)CC4)cc3OC)ncc2C1=O.[HH].[HH].[HH]. The van der Waals surface area contributed by atoms with Gasteiger partial charge in [-0.15, -0.1) is 0 Å². The Hall–Kier alpha value is -3.16. The van der Waals surface area contributed by atoms with Crippen molar-refractivity contribution in [2.75, 3.05) is 12.4 Å². The molecule has 1 N–H and O–H groups in total. The first-order chi connectivity index (χ1) is 20.9. The highest BCUT2D eigenvalue weighted by molar-refractivity contribution is 6.27. The number of fused-ring (bicyclic) bond motifs is 1. The number of carbonyl (C=O) groups excluding carboxylic acids is 2. The third-order valence-corrected chi connectivity index (χ3v) is 9.33. The van der Waals surface area contributed by atoms with Gasteiger partial charge in [0.1, 0.15) is 5.75 Å². The van der Waals surface area contributed by atoms with Crippen molar-refractivity contribution in [1.29, 1.82) is 0 Å². The molecular formula is C36H55F2N3O3. The van der Waals surface area contributed by atoms with Gasteiger partial charge in [-0.25, -0.2) is 18.7 Å². The van der Waals surface area contributed by atoms with Crippen LogP contribution in [0.2, 0.25) is 0 Å². The van der Waals surface area contributed by atoms with E-state index in [2.05, 4.69) is 36.3 Å². The molecule has 2 aliphatic rings. The summed E-state index contributed by atoms with van der Waals surface area (Å²) in [5, 5.41) is 3.32. The smallest absolute Gasteiger partial charge is 0.245 e. The summed E-state index contributed by atoms with van der Waals surface area (Å²) < 4.78 is 32.6. The Balaban J connectivity index is 0.00000368. The number of carbonyl (C=O) groups is 2. The predicted octanol–water partition coefficient (Wildman–Crippen LogP) is 10.5. The standard InChI is InChI=1S/C36H49F2N3O3.3H2/c1-7-24-19-27(18-22(3)4)33-28(34(43)32(24)30(42)8-2)21-39-35(41-33)40-29-15-14-26(20-31(29)44-6)25-11-9-10-23(12-13-25)16-17-36(5,37)38;;;/h14-15,20-23,25,27H,7-13,16-19H2,1-6H3,(H,39,40,41);3*1H. The van der Waals surface area contributed by atoms with Gasteiger partial charge in [-0.2, -0.15) is 0 Å². The lowest BCUT2D eigenvalue weighted by atomic mass is 9.87. The fourth-order valence-corrected chi connectivity index (χ4v) is 6.96. The lowest BCUT2D eigenvalue weighted by Gasteiger charge is -2.21. The van der Waals surface area contributed by atoms with E-state index in [0.29, 0.717) is 65.5 Å². The largest absolute Gasteiger partial charge is 0.495 e. The maximum atomic E-state index is 13.7. The number of hydrogen-bond acceptors (Lipinski definition) is 6. The monoisotopic (exact) mass is 615 g/mol. The van der Waals surface area contributed by atoms with Crippen LogP contribution in [0.1, 0.15) is 143 Å². The van der Waals surface area contributed by atoms with Crippen molar-refractivity contribution >= 4 is 23.2 Å². The molecule has 1 aromatic heterocycles. The topological polar surface area (TPSA) is 81.2 Å². The van der Waals surface area contributed by atoms with Gasteiger partial charge in [-0.05, 0) is 87.3 Å². The average Bonchev–Trinajstić information content (AvgIpc) is 3.29. The number of methoxy groups -OCH3 is 1. The summed E-state index contributed by atoms with van der Waals surface area (Å²) >= 11 is 0. The van der Waals surface area contributed by atoms with E-state index in [1.807, 2.05) is 13.0 Å². The summed E-state index contributed by atoms with van der Waals surface area (Å²) in [5.74, 6) is -0.837. The summed E-state index contributed by atoms with van der Waals surface area (Å²) in [6, 6.07) is 6.14. The molecular weight excluding hydrogens is 560 g/mol. The van der Waals surface area contributed by atoms with Crippen LogP contribution in [0.4, 0.5) is 20.4 Å². The summed E-state index contributed by atoms with van der Waals surface area (Å²) in [7, 11) is 1.64. The van der Waals surface area contributed by atoms with Crippen molar-refractivity contribution in [3.63, 3.8) is 0 Å². The zero-order valence-corrected chi connectivity index (χ0v) is 27.3. The van der Waals surface area contributed by atoms with Gasteiger partial charge in [-0.3, -0.25) is 9.59 Å². The highest BCUT2D eigenvalue weighted by Gasteiger charge is 2.34. The van der Waals surface area contributed by atoms with Crippen LogP contribution in [-0.4, -0.2) is 34.6 Å². The van der Waals surface area contributed by atoms with Gasteiger partial charge in [0.25, 0.3) is 0 Å². The number of anilines is 2. The Morgan fingerprint density at radius 3 is 2.61 bits per heavy atom. The number of allylic oxidation sites excluding steroid dienone is 2. The summed E-state index contributed by atoms with van der Waals surface area (Å²) in [6.07, 6.45) is 9.52. The van der Waals surface area contributed by atoms with Crippen molar-refractivity contribution in [3.05, 3.63) is 52.4 Å². The average molecular weight is 616 g/mol. The van der Waals surface area contributed by atoms with E-state index in [9.17, 15) is 18.4 Å². The minimum atomic E-state index is -2.60. The second kappa shape index (κ2) is 14.7. The molecule has 8 heteroatoms. The first-order valence-electron chi connectivity index (χ1n) is 16.4. The summed E-state index contributed by atoms with van der Waals surface area (Å²) in [6.45, 7) is 9.12. The van der Waals surface area contributed by atoms with Crippen LogP contribution in [0.25, 0.3) is 0 Å². The number of alkyl halides is 2. The molecule has 0 saturated heterocycles. The van der Waals surface area contributed by atoms with Crippen LogP contribution in [-0.2, 0) is 4.79 Å². The lowest BCUT2D eigenvalue weighted by Crippen LogP contribution is -2.16. The van der Waals surface area contributed by atoms with Crippen molar-refractivity contribution in [2.24, 2.45) is 11.8 Å². The normalized spacial score (nSPS) is 21.1. The number of ketones is 2. The third kappa shape index (κ3) is 8.30. The molecule has 6 nitrogen and oxygen atoms in total. The van der Waals surface area contributed by atoms with E-state index < -0.39 is 5.92 Å². The molecule has 1 fully saturated rings. The first kappa shape index (κ1) is 33.7. The number of aromatic nitrogens is 2. The minimum Gasteiger partial charge on any atom is -0.495 e. The number of halogens is 2. The Labute approximate surface area is 265 Å². The second-order valence-corrected chi connectivity index (χ2v) is 13.2. The van der Waals surface area contributed by atoms with E-state index in [1.54, 1.807) is 20.2 Å². The third-order valence-electron chi connectivity index (χ3n) is 9.33. The van der Waals surface area contributed by atoms with E-state index in [4.69, 9.17) is 9.72 Å². The fraction of sp³-hybridized carbons (Fsp3) is 0.611. The molecule has 0 aliphatic heterocycles. The summed E-state index contributed by atoms with van der Waals surface area (Å²) in [4.78, 5) is 36.0. The molecule has 1 heterocycles. The molecule has 4 rings (SSSR count). The maximum Gasteiger partial charge on any atom is 0.245 e. The zero-order chi connectivity index (χ0) is 32.0. The number of hydrogen-bond donors (Lipinski definition) is 1. The molecule has 0 spiro atoms. The van der Waals surface area contributed by atoms with E-state index >= 15 is 0 Å². The number of rotatable bonds is 12. The Bertz CT molecular complexity index is 1380. The number of Topliss-reactive ketones (excluding diaryl/α,β-unsaturated/α-hetero) is 2. The molecule has 2 aliphatic carbocycles. The zero-order valence-electron chi connectivity index (χ0n) is 27.3. The Morgan fingerprint density at radius 1 is 1.18 bits per heavy atom. The summed E-state index contributed by atoms with van der Waals surface area (Å²) in [5.41, 5.74) is 4.24. The lowest BCUT2D eigenvalue weighted by molar-refractivity contribution is -0.115. The minimum absolute atomic E-state index is 0. The second-order valence-electron chi connectivity index (χ2n) is 13.2. The van der Waals surface area contributed by atoms with E-state index in [-0.39, 0.29) is 34.6 Å². The molecule has 0 amide bonds. The van der Waals surface area contributed by atoms with Crippen molar-refractivity contribution in [3.8, 4) is 5.75 Å². The van der Waals surface area contributed by atoms with Crippen molar-refractivity contribution < 1.29 is 27.4 Å². The van der Waals surface area contributed by atoms with Gasteiger partial charge in [0.2, 0.25) is 11.9 Å². The van der Waals surface area contributed by atoms with Crippen LogP contribution >= 0.6 is 0 Å². The highest BCUT2D eigenvalue weighted by Crippen LogP contribution is 2.41. The number of ether oxygens (including phenoxy) is 1. The highest BCUT2D eigenvalue weighted by atomic mass is 19.3. The van der Waals surface area contributed by atoms with Crippen LogP contribution in [0, 0.1) is 11.8 Å². The molecule has 1 saturated carbocycles. The van der Waals surface area contributed by atoms with Gasteiger partial charge in [-0.1, -0.05) is 52.2 Å². The number of benzene rings is 1. The molecule has 246 valence electrons. The van der Waals surface area contributed by atoms with Crippen molar-refractivity contribution in [1.82, 2.24) is 9.97 Å². The van der Waals surface area contributed by atoms with Gasteiger partial charge in [0.15, 0.2) is 11.6 Å². The molecule has 3 unspecified atom stereocenters. The van der Waals surface area contributed by atoms with Crippen LogP contribution < -0.4 is 10.1 Å². The molecule has 3 atom stereocenters. The molecule has 2 aromatic rings. The molecule has 1 aromatic carbocycles.